The van der Waals surface area contributed by atoms with Gasteiger partial charge in [0, 0.05) is 24.7 Å². The van der Waals surface area contributed by atoms with Crippen LogP contribution >= 0.6 is 0 Å². The number of nitrogens with one attached hydrogen (secondary N) is 2. The zero-order valence-corrected chi connectivity index (χ0v) is 27.0. The van der Waals surface area contributed by atoms with E-state index in [-0.39, 0.29) is 24.7 Å². The van der Waals surface area contributed by atoms with E-state index in [4.69, 9.17) is 19.9 Å². The Morgan fingerprint density at radius 1 is 1.06 bits per heavy atom. The van der Waals surface area contributed by atoms with Crippen molar-refractivity contribution in [2.75, 3.05) is 30.8 Å². The third-order valence-electron chi connectivity index (χ3n) is 6.93. The molecule has 14 nitrogen and oxygen atoms in total. The normalized spacial score (nSPS) is 11.6. The minimum absolute atomic E-state index is 0.0902. The number of pyridine rings is 1. The van der Waals surface area contributed by atoms with E-state index in [1.54, 1.807) is 26.8 Å². The van der Waals surface area contributed by atoms with Crippen molar-refractivity contribution >= 4 is 51.8 Å². The summed E-state index contributed by atoms with van der Waals surface area (Å²) in [4.78, 5) is 46.4. The average Bonchev–Trinajstić information content (AvgIpc) is 3.53. The minimum Gasteiger partial charge on any atom is -0.471 e. The lowest BCUT2D eigenvalue weighted by atomic mass is 10.1. The Kier molecular flexibility index (Phi) is 9.99. The van der Waals surface area contributed by atoms with Crippen LogP contribution in [0.5, 0.6) is 5.88 Å². The number of esters is 1. The van der Waals surface area contributed by atoms with Gasteiger partial charge in [0.2, 0.25) is 11.8 Å². The van der Waals surface area contributed by atoms with E-state index in [1.807, 2.05) is 66.5 Å². The predicted molar refractivity (Wildman–Crippen MR) is 180 cm³/mol. The summed E-state index contributed by atoms with van der Waals surface area (Å²) in [5.41, 5.74) is 9.78. The molecular formula is C34H35N9O5. The number of ether oxygens (including phenoxy) is 3. The maximum absolute atomic E-state index is 12.3. The Labute approximate surface area is 276 Å². The number of likely N-dealkylation sites (N-methyl/N-ethyl adjacent to an activating group) is 1. The van der Waals surface area contributed by atoms with E-state index in [0.29, 0.717) is 41.3 Å². The van der Waals surface area contributed by atoms with Crippen molar-refractivity contribution in [2.45, 2.75) is 39.5 Å². The number of nitrogens with two attached hydrogens (primary N) is 1. The number of aromatic amines is 1. The summed E-state index contributed by atoms with van der Waals surface area (Å²) in [6.07, 6.45) is 2.39. The molecule has 48 heavy (non-hydrogen) atoms. The second-order valence-electron chi connectivity index (χ2n) is 11.8. The van der Waals surface area contributed by atoms with Gasteiger partial charge in [-0.15, -0.1) is 0 Å². The molecule has 5 aromatic rings. The Hall–Kier alpha value is -6.23. The summed E-state index contributed by atoms with van der Waals surface area (Å²) in [6.45, 7) is 6.42. The number of nitrogen functional groups attached to an aromatic ring is 1. The lowest BCUT2D eigenvalue weighted by Crippen LogP contribution is -2.28. The van der Waals surface area contributed by atoms with Crippen molar-refractivity contribution in [1.82, 2.24) is 30.2 Å². The first kappa shape index (κ1) is 33.1. The lowest BCUT2D eigenvalue weighted by Gasteiger charge is -2.20. The van der Waals surface area contributed by atoms with Gasteiger partial charge in [0.15, 0.2) is 11.2 Å². The molecule has 0 aliphatic heterocycles. The van der Waals surface area contributed by atoms with Crippen LogP contribution in [0.3, 0.4) is 0 Å². The van der Waals surface area contributed by atoms with Gasteiger partial charge >= 0.3 is 12.1 Å². The van der Waals surface area contributed by atoms with Gasteiger partial charge in [-0.25, -0.2) is 19.6 Å². The number of nitrogens with zero attached hydrogens (tertiary/aromatic N) is 6. The molecule has 2 aromatic carbocycles. The summed E-state index contributed by atoms with van der Waals surface area (Å²) in [5.74, 6) is -0.307. The highest BCUT2D eigenvalue weighted by atomic mass is 16.6. The molecule has 4 N–H and O–H groups in total. The zero-order chi connectivity index (χ0) is 34.3. The first-order chi connectivity index (χ1) is 23.0. The fourth-order valence-corrected chi connectivity index (χ4v) is 4.53. The Morgan fingerprint density at radius 3 is 2.58 bits per heavy atom. The van der Waals surface area contributed by atoms with Crippen LogP contribution in [-0.2, 0) is 27.4 Å². The topological polar surface area (TPSA) is 194 Å². The average molecular weight is 650 g/mol. The van der Waals surface area contributed by atoms with Crippen molar-refractivity contribution in [3.63, 3.8) is 0 Å². The van der Waals surface area contributed by atoms with Gasteiger partial charge in [0.25, 0.3) is 0 Å². The maximum atomic E-state index is 12.3. The summed E-state index contributed by atoms with van der Waals surface area (Å²) < 4.78 is 16.5. The van der Waals surface area contributed by atoms with Crippen LogP contribution in [0.25, 0.3) is 28.1 Å². The number of fused-ring (bicyclic) bond motifs is 2. The highest BCUT2D eigenvalue weighted by Crippen LogP contribution is 2.23. The number of nitriles is 1. The van der Waals surface area contributed by atoms with Gasteiger partial charge in [-0.2, -0.15) is 15.2 Å². The number of carbonyl (C=O) groups is 2. The predicted octanol–water partition coefficient (Wildman–Crippen LogP) is 4.67. The number of hydrogen-bond acceptors (Lipinski definition) is 12. The van der Waals surface area contributed by atoms with Crippen molar-refractivity contribution < 1.29 is 23.8 Å². The number of aromatic nitrogens is 5. The molecule has 0 spiro atoms. The summed E-state index contributed by atoms with van der Waals surface area (Å²) in [5, 5.41) is 13.1. The standard InChI is InChI=1S/C34H35N9O5/c1-34(2,3)48-31(44)24(17-35)15-25-10-9-23-16-26(11-12-27(23)40-25)43(4)13-14-46-33(45)37-18-21-5-7-22(8-6-21)19-47-30-28-29(39-20-38-28)41-32(36)42-30/h5-12,15-16,20H,13-14,18-19H2,1-4H3,(H,37,45)(H3,36,38,39,41,42)/b24-15+. The highest BCUT2D eigenvalue weighted by Gasteiger charge is 2.20. The van der Waals surface area contributed by atoms with Crippen LogP contribution in [0.15, 0.2) is 66.5 Å². The molecular weight excluding hydrogens is 614 g/mol. The Morgan fingerprint density at radius 2 is 1.83 bits per heavy atom. The molecule has 0 atom stereocenters. The smallest absolute Gasteiger partial charge is 0.407 e. The monoisotopic (exact) mass is 649 g/mol. The molecule has 14 heteroatoms. The molecule has 0 saturated carbocycles. The van der Waals surface area contributed by atoms with Crippen LogP contribution in [0, 0.1) is 11.3 Å². The second-order valence-corrected chi connectivity index (χ2v) is 11.8. The van der Waals surface area contributed by atoms with Crippen molar-refractivity contribution in [2.24, 2.45) is 0 Å². The molecule has 1 amide bonds. The molecule has 3 aromatic heterocycles. The van der Waals surface area contributed by atoms with Crippen LogP contribution < -0.4 is 20.7 Å². The molecule has 0 radical (unpaired) electrons. The largest absolute Gasteiger partial charge is 0.471 e. The zero-order valence-electron chi connectivity index (χ0n) is 27.0. The molecule has 0 unspecified atom stereocenters. The van der Waals surface area contributed by atoms with Gasteiger partial charge in [0.05, 0.1) is 24.1 Å². The molecule has 5 rings (SSSR count). The number of rotatable bonds is 11. The second kappa shape index (κ2) is 14.5. The molecule has 0 aliphatic carbocycles. The lowest BCUT2D eigenvalue weighted by molar-refractivity contribution is -0.149. The van der Waals surface area contributed by atoms with Crippen molar-refractivity contribution in [3.8, 4) is 11.9 Å². The van der Waals surface area contributed by atoms with E-state index >= 15 is 0 Å². The highest BCUT2D eigenvalue weighted by molar-refractivity contribution is 5.98. The van der Waals surface area contributed by atoms with Crippen molar-refractivity contribution in [3.05, 3.63) is 83.3 Å². The van der Waals surface area contributed by atoms with Gasteiger partial charge < -0.3 is 35.1 Å². The number of carbonyl (C=O) groups excluding carboxylic acids is 2. The fourth-order valence-electron chi connectivity index (χ4n) is 4.53. The quantitative estimate of drug-likeness (QED) is 0.102. The number of H-pyrrole nitrogens is 1. The number of hydrogen-bond donors (Lipinski definition) is 3. The van der Waals surface area contributed by atoms with Crippen LogP contribution in [-0.4, -0.2) is 62.8 Å². The van der Waals surface area contributed by atoms with Crippen LogP contribution in [0.1, 0.15) is 37.6 Å². The van der Waals surface area contributed by atoms with Crippen LogP contribution in [0.4, 0.5) is 16.4 Å². The van der Waals surface area contributed by atoms with E-state index < -0.39 is 17.7 Å². The van der Waals surface area contributed by atoms with E-state index in [2.05, 4.69) is 30.2 Å². The van der Waals surface area contributed by atoms with E-state index in [9.17, 15) is 14.9 Å². The molecule has 0 saturated heterocycles. The third kappa shape index (κ3) is 8.73. The van der Waals surface area contributed by atoms with E-state index in [1.165, 1.54) is 12.4 Å². The number of imidazole rings is 1. The first-order valence-corrected chi connectivity index (χ1v) is 15.0. The van der Waals surface area contributed by atoms with Crippen molar-refractivity contribution in [1.29, 1.82) is 5.26 Å². The molecule has 0 aliphatic rings. The number of alkyl carbamates (subject to hydrolysis) is 1. The molecule has 0 fully saturated rings. The summed E-state index contributed by atoms with van der Waals surface area (Å²) in [7, 11) is 1.90. The van der Waals surface area contributed by atoms with Gasteiger partial charge in [-0.05, 0) is 62.2 Å². The molecule has 3 heterocycles. The Bertz CT molecular complexity index is 2010. The minimum atomic E-state index is -0.711. The number of benzene rings is 2. The van der Waals surface area contributed by atoms with Gasteiger partial charge in [0.1, 0.15) is 30.5 Å². The first-order valence-electron chi connectivity index (χ1n) is 15.0. The summed E-state index contributed by atoms with van der Waals surface area (Å²) >= 11 is 0. The SMILES string of the molecule is CN(CCOC(=O)NCc1ccc(COc2nc(N)nc3[nH]cnc23)cc1)c1ccc2nc(/C=C(\C#N)C(=O)OC(C)(C)C)ccc2c1. The fraction of sp³-hybridized carbons (Fsp3) is 0.265. The Balaban J connectivity index is 1.07. The third-order valence-corrected chi connectivity index (χ3v) is 6.93. The molecule has 246 valence electrons. The maximum Gasteiger partial charge on any atom is 0.407 e. The number of amides is 1. The summed E-state index contributed by atoms with van der Waals surface area (Å²) in [6, 6.07) is 18.8. The van der Waals surface area contributed by atoms with E-state index in [0.717, 1.165) is 22.2 Å². The van der Waals surface area contributed by atoms with Gasteiger partial charge in [-0.3, -0.25) is 0 Å². The van der Waals surface area contributed by atoms with Gasteiger partial charge in [-0.1, -0.05) is 30.3 Å². The van der Waals surface area contributed by atoms with Crippen LogP contribution in [0.2, 0.25) is 0 Å². The molecule has 0 bridgehead atoms. The number of anilines is 2.